The van der Waals surface area contributed by atoms with Gasteiger partial charge in [-0.15, -0.1) is 10.2 Å². The Hall–Kier alpha value is -4.20. The number of aromatic nitrogens is 4. The van der Waals surface area contributed by atoms with Crippen LogP contribution in [0.25, 0.3) is 5.69 Å². The molecule has 1 amide bonds. The molecule has 1 saturated heterocycles. The van der Waals surface area contributed by atoms with Crippen molar-refractivity contribution in [3.8, 4) is 5.69 Å². The predicted octanol–water partition coefficient (Wildman–Crippen LogP) is 3.68. The Kier molecular flexibility index (Phi) is 5.72. The average molecular weight is 440 g/mol. The van der Waals surface area contributed by atoms with Crippen molar-refractivity contribution in [3.05, 3.63) is 90.4 Å². The van der Waals surface area contributed by atoms with Crippen LogP contribution in [0.5, 0.6) is 0 Å². The molecule has 1 aliphatic heterocycles. The summed E-state index contributed by atoms with van der Waals surface area (Å²) in [6.07, 6.45) is 5.78. The molecule has 0 atom stereocenters. The highest BCUT2D eigenvalue weighted by molar-refractivity contribution is 5.94. The molecule has 4 aromatic rings. The molecule has 0 radical (unpaired) electrons. The summed E-state index contributed by atoms with van der Waals surface area (Å²) in [4.78, 5) is 21.3. The normalized spacial score (nSPS) is 13.7. The molecule has 33 heavy (non-hydrogen) atoms. The smallest absolute Gasteiger partial charge is 0.253 e. The first-order valence-corrected chi connectivity index (χ1v) is 11.0. The third-order valence-corrected chi connectivity index (χ3v) is 5.73. The maximum Gasteiger partial charge on any atom is 0.253 e. The number of nitrogens with zero attached hydrogens (tertiary/aromatic N) is 6. The van der Waals surface area contributed by atoms with E-state index in [2.05, 4.69) is 25.4 Å². The number of hydrogen-bond acceptors (Lipinski definition) is 6. The van der Waals surface area contributed by atoms with Crippen LogP contribution in [0.3, 0.4) is 0 Å². The summed E-state index contributed by atoms with van der Waals surface area (Å²) in [5.74, 6) is 2.24. The van der Waals surface area contributed by atoms with E-state index in [4.69, 9.17) is 0 Å². The average Bonchev–Trinajstić information content (AvgIpc) is 3.41. The van der Waals surface area contributed by atoms with E-state index in [1.807, 2.05) is 95.6 Å². The Morgan fingerprint density at radius 2 is 1.58 bits per heavy atom. The molecule has 0 aliphatic carbocycles. The van der Waals surface area contributed by atoms with Gasteiger partial charge in [-0.1, -0.05) is 6.07 Å². The Morgan fingerprint density at radius 3 is 2.21 bits per heavy atom. The van der Waals surface area contributed by atoms with Gasteiger partial charge in [0.25, 0.3) is 5.91 Å². The molecule has 1 aliphatic rings. The van der Waals surface area contributed by atoms with Crippen molar-refractivity contribution in [2.75, 3.05) is 36.4 Å². The fraction of sp³-hybridized carbons (Fsp3) is 0.200. The third kappa shape index (κ3) is 4.69. The predicted molar refractivity (Wildman–Crippen MR) is 128 cm³/mol. The highest BCUT2D eigenvalue weighted by Gasteiger charge is 2.23. The van der Waals surface area contributed by atoms with Crippen LogP contribution in [0.4, 0.5) is 17.5 Å². The summed E-state index contributed by atoms with van der Waals surface area (Å²) in [6, 6.07) is 19.4. The Morgan fingerprint density at radius 1 is 0.848 bits per heavy atom. The van der Waals surface area contributed by atoms with E-state index in [-0.39, 0.29) is 5.91 Å². The monoisotopic (exact) mass is 439 g/mol. The van der Waals surface area contributed by atoms with Crippen molar-refractivity contribution in [3.63, 3.8) is 0 Å². The van der Waals surface area contributed by atoms with E-state index in [1.165, 1.54) is 0 Å². The van der Waals surface area contributed by atoms with Gasteiger partial charge in [0, 0.05) is 56.0 Å². The number of pyridine rings is 1. The van der Waals surface area contributed by atoms with Gasteiger partial charge in [-0.2, -0.15) is 0 Å². The maximum absolute atomic E-state index is 12.9. The van der Waals surface area contributed by atoms with Gasteiger partial charge in [-0.3, -0.25) is 4.79 Å². The first-order chi connectivity index (χ1) is 16.2. The summed E-state index contributed by atoms with van der Waals surface area (Å²) in [6.45, 7) is 4.72. The van der Waals surface area contributed by atoms with Crippen LogP contribution < -0.4 is 10.2 Å². The minimum Gasteiger partial charge on any atom is -0.352 e. The number of carbonyl (C=O) groups excluding carboxylic acids is 1. The van der Waals surface area contributed by atoms with Gasteiger partial charge in [-0.05, 0) is 67.1 Å². The number of amides is 1. The SMILES string of the molecule is Cc1ccc(Nc2ccc(N3CCN(C(=O)c4ccc(-n5cccc5)cc4)CC3)nn2)nc1. The molecule has 0 saturated carbocycles. The fourth-order valence-corrected chi connectivity index (χ4v) is 3.84. The molecule has 5 rings (SSSR count). The number of piperazine rings is 1. The number of anilines is 3. The summed E-state index contributed by atoms with van der Waals surface area (Å²) in [5, 5.41) is 11.8. The molecule has 0 spiro atoms. The molecule has 0 bridgehead atoms. The van der Waals surface area contributed by atoms with Gasteiger partial charge in [0.05, 0.1) is 0 Å². The molecule has 8 nitrogen and oxygen atoms in total. The van der Waals surface area contributed by atoms with E-state index in [9.17, 15) is 4.79 Å². The van der Waals surface area contributed by atoms with E-state index >= 15 is 0 Å². The zero-order chi connectivity index (χ0) is 22.6. The highest BCUT2D eigenvalue weighted by Crippen LogP contribution is 2.18. The molecular formula is C25H25N7O. The molecule has 3 aromatic heterocycles. The number of carbonyl (C=O) groups is 1. The minimum atomic E-state index is 0.0601. The highest BCUT2D eigenvalue weighted by atomic mass is 16.2. The minimum absolute atomic E-state index is 0.0601. The molecular weight excluding hydrogens is 414 g/mol. The summed E-state index contributed by atoms with van der Waals surface area (Å²) < 4.78 is 2.02. The van der Waals surface area contributed by atoms with E-state index < -0.39 is 0 Å². The van der Waals surface area contributed by atoms with Gasteiger partial charge in [0.2, 0.25) is 0 Å². The van der Waals surface area contributed by atoms with Crippen molar-refractivity contribution >= 4 is 23.4 Å². The van der Waals surface area contributed by atoms with Crippen molar-refractivity contribution in [1.82, 2.24) is 24.6 Å². The van der Waals surface area contributed by atoms with E-state index in [1.54, 1.807) is 0 Å². The van der Waals surface area contributed by atoms with E-state index in [0.29, 0.717) is 37.6 Å². The molecule has 8 heteroatoms. The Bertz CT molecular complexity index is 1200. The summed E-state index contributed by atoms with van der Waals surface area (Å²) >= 11 is 0. The number of rotatable bonds is 5. The van der Waals surface area contributed by atoms with E-state index in [0.717, 1.165) is 22.9 Å². The molecule has 1 fully saturated rings. The van der Waals surface area contributed by atoms with Crippen molar-refractivity contribution in [2.24, 2.45) is 0 Å². The summed E-state index contributed by atoms with van der Waals surface area (Å²) in [5.41, 5.74) is 2.85. The van der Waals surface area contributed by atoms with Crippen LogP contribution in [0.15, 0.2) is 79.3 Å². The van der Waals surface area contributed by atoms with Crippen LogP contribution in [0, 0.1) is 6.92 Å². The number of benzene rings is 1. The van der Waals surface area contributed by atoms with Crippen molar-refractivity contribution in [2.45, 2.75) is 6.92 Å². The van der Waals surface area contributed by atoms with Gasteiger partial charge in [0.15, 0.2) is 11.6 Å². The topological polar surface area (TPSA) is 79.2 Å². The molecule has 0 unspecified atom stereocenters. The van der Waals surface area contributed by atoms with Gasteiger partial charge in [-0.25, -0.2) is 4.98 Å². The lowest BCUT2D eigenvalue weighted by atomic mass is 10.1. The van der Waals surface area contributed by atoms with Crippen molar-refractivity contribution in [1.29, 1.82) is 0 Å². The third-order valence-electron chi connectivity index (χ3n) is 5.73. The first kappa shape index (κ1) is 20.7. The Balaban J connectivity index is 1.16. The lowest BCUT2D eigenvalue weighted by Gasteiger charge is -2.35. The molecule has 1 N–H and O–H groups in total. The van der Waals surface area contributed by atoms with Gasteiger partial charge < -0.3 is 19.7 Å². The maximum atomic E-state index is 12.9. The van der Waals surface area contributed by atoms with Gasteiger partial charge >= 0.3 is 0 Å². The lowest BCUT2D eigenvalue weighted by molar-refractivity contribution is 0.0746. The zero-order valence-electron chi connectivity index (χ0n) is 18.4. The van der Waals surface area contributed by atoms with Crippen LogP contribution in [0.1, 0.15) is 15.9 Å². The molecule has 1 aromatic carbocycles. The molecule has 166 valence electrons. The van der Waals surface area contributed by atoms with Crippen LogP contribution in [-0.4, -0.2) is 56.7 Å². The van der Waals surface area contributed by atoms with Crippen molar-refractivity contribution < 1.29 is 4.79 Å². The van der Waals surface area contributed by atoms with Gasteiger partial charge in [0.1, 0.15) is 5.82 Å². The van der Waals surface area contributed by atoms with Crippen LogP contribution in [0.2, 0.25) is 0 Å². The number of hydrogen-bond donors (Lipinski definition) is 1. The quantitative estimate of drug-likeness (QED) is 0.511. The number of aryl methyl sites for hydroxylation is 1. The zero-order valence-corrected chi connectivity index (χ0v) is 18.4. The van der Waals surface area contributed by atoms with Crippen LogP contribution >= 0.6 is 0 Å². The van der Waals surface area contributed by atoms with Crippen LogP contribution in [-0.2, 0) is 0 Å². The summed E-state index contributed by atoms with van der Waals surface area (Å²) in [7, 11) is 0. The number of nitrogens with one attached hydrogen (secondary N) is 1. The largest absolute Gasteiger partial charge is 0.352 e. The fourth-order valence-electron chi connectivity index (χ4n) is 3.84. The molecule has 4 heterocycles. The first-order valence-electron chi connectivity index (χ1n) is 11.0. The standard InChI is InChI=1S/C25H25N7O/c1-19-4-9-22(26-18-19)27-23-10-11-24(29-28-23)31-14-16-32(17-15-31)25(33)20-5-7-21(8-6-20)30-12-2-3-13-30/h2-13,18H,14-17H2,1H3,(H,26,27,28). The second-order valence-electron chi connectivity index (χ2n) is 8.04. The second-order valence-corrected chi connectivity index (χ2v) is 8.04. The Labute approximate surface area is 192 Å². The lowest BCUT2D eigenvalue weighted by Crippen LogP contribution is -2.49. The second kappa shape index (κ2) is 9.12.